The Labute approximate surface area is 126 Å². The summed E-state index contributed by atoms with van der Waals surface area (Å²) >= 11 is 0. The predicted molar refractivity (Wildman–Crippen MR) is 82.1 cm³/mol. The van der Waals surface area contributed by atoms with Crippen molar-refractivity contribution in [1.82, 2.24) is 14.7 Å². The summed E-state index contributed by atoms with van der Waals surface area (Å²) in [6.07, 6.45) is 3.77. The molecular formula is C16H27N3O2. The Bertz CT molecular complexity index is 495. The van der Waals surface area contributed by atoms with Crippen molar-refractivity contribution in [2.24, 2.45) is 11.3 Å². The molecule has 1 fully saturated rings. The van der Waals surface area contributed by atoms with Gasteiger partial charge < -0.3 is 10.0 Å². The standard InChI is InChI=1S/C16H27N3O2/c1-12(2)16(11-20)7-5-8-18(10-16)15(21)14-6-9-19(17-14)13(3)4/h6,9,12-13,20H,5,7-8,10-11H2,1-4H3. The number of carbonyl (C=O) groups is 1. The molecule has 118 valence electrons. The fourth-order valence-corrected chi connectivity index (χ4v) is 3.02. The number of piperidine rings is 1. The van der Waals surface area contributed by atoms with Gasteiger partial charge in [0.25, 0.3) is 5.91 Å². The first-order chi connectivity index (χ1) is 9.89. The van der Waals surface area contributed by atoms with E-state index in [0.717, 1.165) is 19.4 Å². The molecule has 0 radical (unpaired) electrons. The molecule has 1 aliphatic rings. The number of aliphatic hydroxyl groups excluding tert-OH is 1. The van der Waals surface area contributed by atoms with Crippen LogP contribution in [0.5, 0.6) is 0 Å². The van der Waals surface area contributed by atoms with Gasteiger partial charge in [0.2, 0.25) is 0 Å². The zero-order valence-electron chi connectivity index (χ0n) is 13.5. The first kappa shape index (κ1) is 16.0. The second kappa shape index (κ2) is 6.18. The van der Waals surface area contributed by atoms with Gasteiger partial charge in [-0.15, -0.1) is 0 Å². The van der Waals surface area contributed by atoms with E-state index in [1.54, 1.807) is 10.7 Å². The number of nitrogens with zero attached hydrogens (tertiary/aromatic N) is 3. The van der Waals surface area contributed by atoms with Crippen molar-refractivity contribution in [3.05, 3.63) is 18.0 Å². The molecule has 1 aliphatic heterocycles. The van der Waals surface area contributed by atoms with Gasteiger partial charge in [0.1, 0.15) is 5.69 Å². The fraction of sp³-hybridized carbons (Fsp3) is 0.750. The van der Waals surface area contributed by atoms with E-state index in [4.69, 9.17) is 0 Å². The first-order valence-electron chi connectivity index (χ1n) is 7.85. The molecule has 21 heavy (non-hydrogen) atoms. The van der Waals surface area contributed by atoms with Crippen molar-refractivity contribution in [3.63, 3.8) is 0 Å². The summed E-state index contributed by atoms with van der Waals surface area (Å²) in [5, 5.41) is 14.2. The predicted octanol–water partition coefficient (Wildman–Crippen LogP) is 2.33. The van der Waals surface area contributed by atoms with Crippen molar-refractivity contribution in [2.75, 3.05) is 19.7 Å². The van der Waals surface area contributed by atoms with E-state index in [2.05, 4.69) is 18.9 Å². The number of hydrogen-bond acceptors (Lipinski definition) is 3. The van der Waals surface area contributed by atoms with Crippen LogP contribution in [0.15, 0.2) is 12.3 Å². The lowest BCUT2D eigenvalue weighted by atomic mass is 9.72. The Morgan fingerprint density at radius 2 is 2.14 bits per heavy atom. The van der Waals surface area contributed by atoms with Gasteiger partial charge >= 0.3 is 0 Å². The van der Waals surface area contributed by atoms with Gasteiger partial charge in [-0.1, -0.05) is 13.8 Å². The van der Waals surface area contributed by atoms with Crippen LogP contribution in [0.1, 0.15) is 57.1 Å². The van der Waals surface area contributed by atoms with Gasteiger partial charge in [-0.2, -0.15) is 5.10 Å². The molecule has 0 spiro atoms. The quantitative estimate of drug-likeness (QED) is 0.927. The Morgan fingerprint density at radius 3 is 2.67 bits per heavy atom. The van der Waals surface area contributed by atoms with Crippen LogP contribution in [0, 0.1) is 11.3 Å². The molecule has 1 N–H and O–H groups in total. The minimum atomic E-state index is -0.172. The van der Waals surface area contributed by atoms with Crippen molar-refractivity contribution in [1.29, 1.82) is 0 Å². The maximum atomic E-state index is 12.6. The largest absolute Gasteiger partial charge is 0.396 e. The topological polar surface area (TPSA) is 58.4 Å². The van der Waals surface area contributed by atoms with Crippen LogP contribution >= 0.6 is 0 Å². The molecule has 1 atom stereocenters. The van der Waals surface area contributed by atoms with Crippen LogP contribution in [0.25, 0.3) is 0 Å². The molecule has 1 unspecified atom stereocenters. The molecule has 0 bridgehead atoms. The van der Waals surface area contributed by atoms with E-state index < -0.39 is 0 Å². The van der Waals surface area contributed by atoms with Gasteiger partial charge in [0.05, 0.1) is 6.61 Å². The highest BCUT2D eigenvalue weighted by atomic mass is 16.3. The average Bonchev–Trinajstić information content (AvgIpc) is 2.96. The lowest BCUT2D eigenvalue weighted by molar-refractivity contribution is 0.000422. The van der Waals surface area contributed by atoms with Crippen LogP contribution in [0.4, 0.5) is 0 Å². The summed E-state index contributed by atoms with van der Waals surface area (Å²) in [7, 11) is 0. The van der Waals surface area contributed by atoms with Gasteiger partial charge in [-0.25, -0.2) is 0 Å². The lowest BCUT2D eigenvalue weighted by Gasteiger charge is -2.44. The summed E-state index contributed by atoms with van der Waals surface area (Å²) in [6.45, 7) is 9.83. The zero-order valence-corrected chi connectivity index (χ0v) is 13.5. The highest BCUT2D eigenvalue weighted by Crippen LogP contribution is 2.37. The second-order valence-corrected chi connectivity index (χ2v) is 6.78. The van der Waals surface area contributed by atoms with E-state index in [9.17, 15) is 9.90 Å². The molecular weight excluding hydrogens is 266 g/mol. The monoisotopic (exact) mass is 293 g/mol. The van der Waals surface area contributed by atoms with Crippen LogP contribution < -0.4 is 0 Å². The number of hydrogen-bond donors (Lipinski definition) is 1. The molecule has 0 aliphatic carbocycles. The number of amides is 1. The molecule has 5 heteroatoms. The average molecular weight is 293 g/mol. The Morgan fingerprint density at radius 1 is 1.43 bits per heavy atom. The molecule has 2 rings (SSSR count). The van der Waals surface area contributed by atoms with Crippen molar-refractivity contribution >= 4 is 5.91 Å². The van der Waals surface area contributed by atoms with Gasteiger partial charge in [0.15, 0.2) is 0 Å². The SMILES string of the molecule is CC(C)n1ccc(C(=O)N2CCCC(CO)(C(C)C)C2)n1. The van der Waals surface area contributed by atoms with Crippen molar-refractivity contribution in [2.45, 2.75) is 46.6 Å². The first-order valence-corrected chi connectivity index (χ1v) is 7.85. The summed E-state index contributed by atoms with van der Waals surface area (Å²) in [5.74, 6) is 0.332. The van der Waals surface area contributed by atoms with Crippen LogP contribution in [0.3, 0.4) is 0 Å². The number of carbonyl (C=O) groups excluding carboxylic acids is 1. The van der Waals surface area contributed by atoms with E-state index in [1.807, 2.05) is 24.9 Å². The summed E-state index contributed by atoms with van der Waals surface area (Å²) in [6, 6.07) is 2.03. The molecule has 2 heterocycles. The Hall–Kier alpha value is -1.36. The zero-order chi connectivity index (χ0) is 15.6. The van der Waals surface area contributed by atoms with Crippen molar-refractivity contribution < 1.29 is 9.90 Å². The smallest absolute Gasteiger partial charge is 0.274 e. The minimum absolute atomic E-state index is 0.0208. The van der Waals surface area contributed by atoms with Crippen LogP contribution in [-0.4, -0.2) is 45.4 Å². The maximum Gasteiger partial charge on any atom is 0.274 e. The third-order valence-electron chi connectivity index (χ3n) is 4.79. The highest BCUT2D eigenvalue weighted by Gasteiger charge is 2.39. The van der Waals surface area contributed by atoms with Crippen molar-refractivity contribution in [3.8, 4) is 0 Å². The third kappa shape index (κ3) is 3.12. The molecule has 5 nitrogen and oxygen atoms in total. The summed E-state index contributed by atoms with van der Waals surface area (Å²) in [4.78, 5) is 14.5. The lowest BCUT2D eigenvalue weighted by Crippen LogP contribution is -2.50. The van der Waals surface area contributed by atoms with E-state index >= 15 is 0 Å². The van der Waals surface area contributed by atoms with E-state index in [0.29, 0.717) is 18.2 Å². The molecule has 1 aromatic heterocycles. The van der Waals surface area contributed by atoms with Gasteiger partial charge in [-0.3, -0.25) is 9.48 Å². The normalized spacial score (nSPS) is 23.1. The molecule has 1 saturated heterocycles. The molecule has 1 amide bonds. The van der Waals surface area contributed by atoms with Gasteiger partial charge in [-0.05, 0) is 38.7 Å². The minimum Gasteiger partial charge on any atom is -0.396 e. The second-order valence-electron chi connectivity index (χ2n) is 6.78. The Kier molecular flexibility index (Phi) is 4.71. The summed E-state index contributed by atoms with van der Waals surface area (Å²) in [5.41, 5.74) is 0.329. The third-order valence-corrected chi connectivity index (χ3v) is 4.79. The van der Waals surface area contributed by atoms with Crippen LogP contribution in [0.2, 0.25) is 0 Å². The molecule has 0 saturated carbocycles. The maximum absolute atomic E-state index is 12.6. The number of aromatic nitrogens is 2. The van der Waals surface area contributed by atoms with E-state index in [-0.39, 0.29) is 24.0 Å². The summed E-state index contributed by atoms with van der Waals surface area (Å²) < 4.78 is 1.80. The molecule has 1 aromatic rings. The number of aliphatic hydroxyl groups is 1. The number of likely N-dealkylation sites (tertiary alicyclic amines) is 1. The number of rotatable bonds is 4. The van der Waals surface area contributed by atoms with Gasteiger partial charge in [0, 0.05) is 30.7 Å². The molecule has 0 aromatic carbocycles. The van der Waals surface area contributed by atoms with E-state index in [1.165, 1.54) is 0 Å². The highest BCUT2D eigenvalue weighted by molar-refractivity contribution is 5.92. The fourth-order valence-electron chi connectivity index (χ4n) is 3.02. The Balaban J connectivity index is 2.15. The van der Waals surface area contributed by atoms with Crippen LogP contribution in [-0.2, 0) is 0 Å².